The number of hydrazine groups is 4. The topological polar surface area (TPSA) is 468 Å². The van der Waals surface area contributed by atoms with Crippen molar-refractivity contribution in [2.45, 2.75) is 214 Å². The first kappa shape index (κ1) is 77.5. The van der Waals surface area contributed by atoms with Gasteiger partial charge in [0.1, 0.15) is 96.0 Å². The van der Waals surface area contributed by atoms with Gasteiger partial charge in [0.05, 0.1) is 35.5 Å². The molecule has 38 heteroatoms. The number of halogens is 2. The van der Waals surface area contributed by atoms with Crippen LogP contribution in [0.15, 0.2) is 24.3 Å². The van der Waals surface area contributed by atoms with Gasteiger partial charge in [-0.25, -0.2) is 21.7 Å². The molecule has 10 aliphatic rings. The molecule has 12 rings (SSSR count). The van der Waals surface area contributed by atoms with E-state index in [4.69, 9.17) is 32.7 Å². The summed E-state index contributed by atoms with van der Waals surface area (Å²) in [5.41, 5.74) is 7.92. The number of anilines is 2. The fourth-order valence-electron chi connectivity index (χ4n) is 16.3. The van der Waals surface area contributed by atoms with Crippen LogP contribution >= 0.6 is 23.2 Å². The Morgan fingerprint density at radius 2 is 0.726 bits per heavy atom. The van der Waals surface area contributed by atoms with Crippen molar-refractivity contribution in [2.75, 3.05) is 64.2 Å². The quantitative estimate of drug-likeness (QED) is 0.114. The van der Waals surface area contributed by atoms with Gasteiger partial charge in [0.15, 0.2) is 0 Å². The van der Waals surface area contributed by atoms with Crippen molar-refractivity contribution in [1.29, 1.82) is 0 Å². The lowest BCUT2D eigenvalue weighted by molar-refractivity contribution is -0.161. The first-order valence-electron chi connectivity index (χ1n) is 36.1. The molecule has 2 aromatic carbocycles. The Bertz CT molecular complexity index is 3630. The molecule has 12 amide bonds. The summed E-state index contributed by atoms with van der Waals surface area (Å²) in [6, 6.07) is -12.2. The molecule has 0 spiro atoms. The molecule has 0 radical (unpaired) electrons. The van der Waals surface area contributed by atoms with Crippen molar-refractivity contribution in [3.63, 3.8) is 0 Å². The van der Waals surface area contributed by atoms with E-state index in [1.54, 1.807) is 27.7 Å². The molecule has 2 unspecified atom stereocenters. The lowest BCUT2D eigenvalue weighted by Crippen LogP contribution is -2.69. The Morgan fingerprint density at radius 3 is 1.05 bits per heavy atom. The summed E-state index contributed by atoms with van der Waals surface area (Å²) in [7, 11) is 2.53. The lowest BCUT2D eigenvalue weighted by atomic mass is 9.86. The maximum absolute atomic E-state index is 15.6. The number of nitrogens with zero attached hydrogens (tertiary/aromatic N) is 6. The minimum Gasteiger partial charge on any atom is -0.391 e. The van der Waals surface area contributed by atoms with E-state index in [1.165, 1.54) is 52.3 Å². The van der Waals surface area contributed by atoms with E-state index in [9.17, 15) is 49.2 Å². The molecule has 36 nitrogen and oxygen atoms in total. The molecule has 578 valence electrons. The Hall–Kier alpha value is -8.14. The molecular weight excluding hydrogens is 1430 g/mol. The second-order valence-corrected chi connectivity index (χ2v) is 30.5. The van der Waals surface area contributed by atoms with Crippen LogP contribution < -0.4 is 64.2 Å². The number of aliphatic hydroxyl groups excluding tert-OH is 2. The molecule has 2 aromatic rings. The summed E-state index contributed by atoms with van der Waals surface area (Å²) in [5.74, 6) is -11.8. The van der Waals surface area contributed by atoms with Gasteiger partial charge in [-0.3, -0.25) is 77.6 Å². The SMILES string of the molecule is COC[C@@H]1NC(=O)C2CCCNN2C(=O)[C@@H]2CCCNN2C(=O)[C@@H](C(C)C)NC(=O)[C@@H]2C[C@@]3(O)c4cc(-c5cc6c(cc5Cl)N[C@H]5N7C(=O)[C@@H]([C@H](C)O)NC(=O)[C@H](COC)NC(=O)C8CCCNN8C(=O)[C@@H]8CCCNN8C(=O)[C@@H](C(C)C)NC(=O)[C@@H]7C[C@@]65O)c(Cl)cc4N[C@H]3N2C(=O)[C@@H]([C@H](C)O)NC1=O. The second kappa shape index (κ2) is 30.8. The maximum atomic E-state index is 15.6. The fraction of sp³-hybridized carbons (Fsp3) is 0.647. The number of hydrogen-bond donors (Lipinski definition) is 16. The zero-order valence-corrected chi connectivity index (χ0v) is 61.5. The number of nitrogens with one attached hydrogen (secondary N) is 12. The number of ether oxygens (including phenoxy) is 2. The van der Waals surface area contributed by atoms with Gasteiger partial charge in [-0.05, 0) is 101 Å². The van der Waals surface area contributed by atoms with Crippen LogP contribution in [-0.2, 0) is 78.2 Å². The third-order valence-corrected chi connectivity index (χ3v) is 22.5. The molecule has 8 saturated heterocycles. The van der Waals surface area contributed by atoms with Crippen LogP contribution in [0.2, 0.25) is 10.0 Å². The number of methoxy groups -OCH3 is 2. The van der Waals surface area contributed by atoms with Crippen molar-refractivity contribution in [3.8, 4) is 11.1 Å². The van der Waals surface area contributed by atoms with Crippen molar-refractivity contribution in [1.82, 2.24) is 83.4 Å². The number of carbonyl (C=O) groups is 12. The van der Waals surface area contributed by atoms with E-state index < -0.39 is 217 Å². The third kappa shape index (κ3) is 14.0. The molecule has 0 bridgehead atoms. The van der Waals surface area contributed by atoms with Gasteiger partial charge >= 0.3 is 0 Å². The zero-order chi connectivity index (χ0) is 76.4. The molecule has 10 aliphatic heterocycles. The van der Waals surface area contributed by atoms with Crippen molar-refractivity contribution >= 4 is 105 Å². The molecule has 106 heavy (non-hydrogen) atoms. The van der Waals surface area contributed by atoms with Gasteiger partial charge in [-0.2, -0.15) is 0 Å². The largest absolute Gasteiger partial charge is 0.391 e. The van der Waals surface area contributed by atoms with E-state index in [0.717, 1.165) is 29.8 Å². The standard InChI is InChI=1S/C68H94Cl2N18O18/c1-29(2)49-63(101)87-45(15-11-19-73-87)59(97)85-43(13-9-17-71-85)55(93)75-41(27-105-7)53(91)81-51(31(5)89)61(99)83-47(57(95)79-49)25-67(103)35-21-33(37(69)23-39(35)77-65(67)83)34-22-36-40(24-38(34)70)78-66-68(36,104)26-48-58(96)80-50(30(3)4)64(102)88-46(16-12-20-74-88)60(98)86-44(14-10-18-72-86)56(94)76-42(28-106-8)54(92)82-52(32(6)90)62(100)84(48)66/h21-24,29-32,41-52,65-66,71-74,77-78,89-90,103-104H,9-20,25-28H2,1-8H3,(H,75,93)(H,76,94)(H,79,95)(H,80,96)(H,81,91)(H,82,92)/t31-,32-,41-,42-,43?,44?,45-,46-,47-,48-,49+,50+,51+,52+,65-,66-,67+,68+/m0/s1. The van der Waals surface area contributed by atoms with Crippen molar-refractivity contribution < 1.29 is 87.4 Å². The van der Waals surface area contributed by atoms with Gasteiger partial charge in [0, 0.05) is 86.9 Å². The number of amides is 12. The van der Waals surface area contributed by atoms with E-state index in [1.807, 2.05) is 0 Å². The first-order valence-corrected chi connectivity index (χ1v) is 36.8. The molecule has 0 aromatic heterocycles. The van der Waals surface area contributed by atoms with Gasteiger partial charge < -0.3 is 82.2 Å². The maximum Gasteiger partial charge on any atom is 0.261 e. The van der Waals surface area contributed by atoms with Crippen LogP contribution in [0.25, 0.3) is 11.1 Å². The second-order valence-electron chi connectivity index (χ2n) is 29.7. The predicted octanol–water partition coefficient (Wildman–Crippen LogP) is -3.97. The molecule has 0 saturated carbocycles. The van der Waals surface area contributed by atoms with Crippen LogP contribution in [0.5, 0.6) is 0 Å². The average Bonchev–Trinajstić information content (AvgIpc) is 1.55. The first-order chi connectivity index (χ1) is 50.3. The molecule has 8 fully saturated rings. The van der Waals surface area contributed by atoms with Gasteiger partial charge in [-0.1, -0.05) is 50.9 Å². The van der Waals surface area contributed by atoms with E-state index in [2.05, 4.69) is 64.2 Å². The van der Waals surface area contributed by atoms with Crippen LogP contribution in [-0.4, -0.2) is 272 Å². The molecule has 16 N–H and O–H groups in total. The minimum atomic E-state index is -2.29. The number of aliphatic hydroxyl groups is 4. The highest BCUT2D eigenvalue weighted by molar-refractivity contribution is 6.37. The Labute approximate surface area is 620 Å². The van der Waals surface area contributed by atoms with E-state index in [0.29, 0.717) is 38.8 Å². The fourth-order valence-corrected chi connectivity index (χ4v) is 16.9. The third-order valence-electron chi connectivity index (χ3n) is 21.9. The van der Waals surface area contributed by atoms with Gasteiger partial charge in [-0.15, -0.1) is 0 Å². The lowest BCUT2D eigenvalue weighted by Gasteiger charge is -2.43. The van der Waals surface area contributed by atoms with Crippen molar-refractivity contribution in [2.24, 2.45) is 11.8 Å². The van der Waals surface area contributed by atoms with Crippen molar-refractivity contribution in [3.05, 3.63) is 45.4 Å². The molecule has 0 aliphatic carbocycles. The minimum absolute atomic E-state index is 0.0299. The summed E-state index contributed by atoms with van der Waals surface area (Å²) in [6.07, 6.45) is -5.55. The Balaban J connectivity index is 0.910. The summed E-state index contributed by atoms with van der Waals surface area (Å²) in [4.78, 5) is 181. The highest BCUT2D eigenvalue weighted by Crippen LogP contribution is 2.55. The van der Waals surface area contributed by atoms with E-state index >= 15 is 28.8 Å². The number of hydrogen-bond acceptors (Lipinski definition) is 24. The number of benzene rings is 2. The summed E-state index contributed by atoms with van der Waals surface area (Å²) >= 11 is 14.5. The monoisotopic (exact) mass is 1520 g/mol. The Morgan fingerprint density at radius 1 is 0.415 bits per heavy atom. The normalized spacial score (nSPS) is 33.5. The summed E-state index contributed by atoms with van der Waals surface area (Å²) < 4.78 is 10.7. The van der Waals surface area contributed by atoms with Gasteiger partial charge in [0.2, 0.25) is 47.3 Å². The molecular formula is C68H94Cl2N18O18. The average molecular weight is 1520 g/mol. The summed E-state index contributed by atoms with van der Waals surface area (Å²) in [5, 5.41) is 76.7. The van der Waals surface area contributed by atoms with Crippen LogP contribution in [0, 0.1) is 11.8 Å². The van der Waals surface area contributed by atoms with Gasteiger partial charge in [0.25, 0.3) is 23.6 Å². The number of fused-ring (bicyclic) bond motifs is 14. The van der Waals surface area contributed by atoms with Crippen LogP contribution in [0.1, 0.15) is 117 Å². The highest BCUT2D eigenvalue weighted by atomic mass is 35.5. The highest BCUT2D eigenvalue weighted by Gasteiger charge is 2.64. The van der Waals surface area contributed by atoms with Crippen LogP contribution in [0.3, 0.4) is 0 Å². The molecule has 10 heterocycles. The van der Waals surface area contributed by atoms with Crippen LogP contribution in [0.4, 0.5) is 11.4 Å². The Kier molecular flexibility index (Phi) is 22.5. The predicted molar refractivity (Wildman–Crippen MR) is 375 cm³/mol. The molecule has 18 atom stereocenters. The summed E-state index contributed by atoms with van der Waals surface area (Å²) in [6.45, 7) is 9.20. The number of rotatable bonds is 9. The number of carbonyl (C=O) groups excluding carboxylic acids is 12. The smallest absolute Gasteiger partial charge is 0.261 e. The zero-order valence-electron chi connectivity index (χ0n) is 60.0. The van der Waals surface area contributed by atoms with E-state index in [-0.39, 0.29) is 82.4 Å².